The Labute approximate surface area is 95.0 Å². The minimum atomic E-state index is -0.801. The fraction of sp³-hybridized carbons (Fsp3) is 0.778. The average molecular weight is 246 g/mol. The van der Waals surface area contributed by atoms with Crippen LogP contribution in [0.25, 0.3) is 0 Å². The Hall–Kier alpha value is -0.626. The minimum absolute atomic E-state index is 0.0607. The molecule has 0 aromatic heterocycles. The molecule has 0 aliphatic carbocycles. The zero-order valence-electron chi connectivity index (χ0n) is 10.1. The lowest BCUT2D eigenvalue weighted by Crippen LogP contribution is -2.38. The Morgan fingerprint density at radius 3 is 1.53 bits per heavy atom. The molecule has 0 radical (unpaired) electrons. The summed E-state index contributed by atoms with van der Waals surface area (Å²) >= 11 is 0. The highest BCUT2D eigenvalue weighted by Gasteiger charge is 2.11. The highest BCUT2D eigenvalue weighted by molar-refractivity contribution is 6.76. The molecule has 2 atom stereocenters. The smallest absolute Gasteiger partial charge is 0.216 e. The van der Waals surface area contributed by atoms with Crippen LogP contribution in [0.4, 0.5) is 0 Å². The summed E-state index contributed by atoms with van der Waals surface area (Å²) in [6.45, 7) is 7.65. The third-order valence-electron chi connectivity index (χ3n) is 2.20. The first kappa shape index (κ1) is 14.4. The first-order chi connectivity index (χ1) is 6.91. The van der Waals surface area contributed by atoms with E-state index in [1.165, 1.54) is 5.67 Å². The van der Waals surface area contributed by atoms with Crippen molar-refractivity contribution in [3.05, 3.63) is 0 Å². The van der Waals surface area contributed by atoms with Crippen molar-refractivity contribution >= 4 is 29.4 Å². The molecule has 0 aromatic rings. The standard InChI is InChI=1S/C9H22N2O2Si2/c1-8(12)10-5-14(3)7-15(4)6-11-9(2)13/h14-15H,5-7H2,1-4H3,(H,10,12)(H,11,13). The van der Waals surface area contributed by atoms with Crippen LogP contribution in [0.15, 0.2) is 0 Å². The van der Waals surface area contributed by atoms with Crippen molar-refractivity contribution in [3.8, 4) is 0 Å². The maximum absolute atomic E-state index is 10.7. The summed E-state index contributed by atoms with van der Waals surface area (Å²) in [5.41, 5.74) is 1.28. The van der Waals surface area contributed by atoms with Crippen LogP contribution in [0.1, 0.15) is 13.8 Å². The molecule has 6 heteroatoms. The zero-order chi connectivity index (χ0) is 11.8. The first-order valence-corrected chi connectivity index (χ1v) is 11.0. The maximum Gasteiger partial charge on any atom is 0.216 e. The molecular weight excluding hydrogens is 224 g/mol. The van der Waals surface area contributed by atoms with E-state index in [0.717, 1.165) is 12.3 Å². The van der Waals surface area contributed by atoms with Gasteiger partial charge in [-0.3, -0.25) is 9.59 Å². The SMILES string of the molecule is CC(=O)NC[SiH](C)C[SiH](C)CNC(C)=O. The quantitative estimate of drug-likeness (QED) is 0.626. The Balaban J connectivity index is 3.61. The highest BCUT2D eigenvalue weighted by atomic mass is 28.3. The van der Waals surface area contributed by atoms with E-state index in [2.05, 4.69) is 23.7 Å². The second-order valence-electron chi connectivity index (χ2n) is 4.32. The second kappa shape index (κ2) is 7.64. The van der Waals surface area contributed by atoms with Crippen molar-refractivity contribution < 1.29 is 9.59 Å². The van der Waals surface area contributed by atoms with Crippen LogP contribution >= 0.6 is 0 Å². The van der Waals surface area contributed by atoms with Crippen LogP contribution in [-0.4, -0.2) is 41.7 Å². The van der Waals surface area contributed by atoms with Gasteiger partial charge >= 0.3 is 0 Å². The van der Waals surface area contributed by atoms with Crippen molar-refractivity contribution in [3.63, 3.8) is 0 Å². The molecule has 0 fully saturated rings. The molecule has 0 aliphatic heterocycles. The molecule has 2 N–H and O–H groups in total. The molecule has 0 saturated carbocycles. The van der Waals surface area contributed by atoms with E-state index in [-0.39, 0.29) is 11.8 Å². The number of hydrogen-bond acceptors (Lipinski definition) is 2. The van der Waals surface area contributed by atoms with Crippen molar-refractivity contribution in [2.24, 2.45) is 0 Å². The van der Waals surface area contributed by atoms with Crippen LogP contribution in [0.2, 0.25) is 18.8 Å². The third-order valence-corrected chi connectivity index (χ3v) is 10.4. The van der Waals surface area contributed by atoms with Gasteiger partial charge < -0.3 is 10.6 Å². The monoisotopic (exact) mass is 246 g/mol. The van der Waals surface area contributed by atoms with Gasteiger partial charge in [0.2, 0.25) is 11.8 Å². The van der Waals surface area contributed by atoms with Crippen molar-refractivity contribution in [2.75, 3.05) is 12.3 Å². The molecule has 0 rings (SSSR count). The van der Waals surface area contributed by atoms with E-state index in [4.69, 9.17) is 0 Å². The molecule has 4 nitrogen and oxygen atoms in total. The Morgan fingerprint density at radius 2 is 1.27 bits per heavy atom. The third kappa shape index (κ3) is 9.67. The van der Waals surface area contributed by atoms with Gasteiger partial charge in [0.15, 0.2) is 0 Å². The molecule has 2 amide bonds. The molecule has 2 unspecified atom stereocenters. The van der Waals surface area contributed by atoms with Crippen LogP contribution in [0.5, 0.6) is 0 Å². The van der Waals surface area contributed by atoms with Gasteiger partial charge in [-0.1, -0.05) is 18.8 Å². The largest absolute Gasteiger partial charge is 0.360 e. The predicted molar refractivity (Wildman–Crippen MR) is 68.2 cm³/mol. The summed E-state index contributed by atoms with van der Waals surface area (Å²) in [7, 11) is -1.60. The van der Waals surface area contributed by atoms with Gasteiger partial charge in [-0.2, -0.15) is 0 Å². The van der Waals surface area contributed by atoms with Gasteiger partial charge in [-0.15, -0.1) is 0 Å². The average Bonchev–Trinajstić information content (AvgIpc) is 2.11. The number of nitrogens with one attached hydrogen (secondary N) is 2. The topological polar surface area (TPSA) is 58.2 Å². The van der Waals surface area contributed by atoms with Gasteiger partial charge in [0.25, 0.3) is 0 Å². The number of carbonyl (C=O) groups is 2. The Morgan fingerprint density at radius 1 is 0.933 bits per heavy atom. The van der Waals surface area contributed by atoms with Crippen molar-refractivity contribution in [2.45, 2.75) is 32.6 Å². The molecule has 0 aliphatic rings. The van der Waals surface area contributed by atoms with E-state index in [9.17, 15) is 9.59 Å². The molecule has 0 spiro atoms. The molecular formula is C9H22N2O2Si2. The lowest BCUT2D eigenvalue weighted by atomic mass is 10.7. The van der Waals surface area contributed by atoms with Crippen LogP contribution in [0, 0.1) is 0 Å². The summed E-state index contributed by atoms with van der Waals surface area (Å²) in [5, 5.41) is 5.75. The number of carbonyl (C=O) groups excluding carboxylic acids is 2. The second-order valence-corrected chi connectivity index (χ2v) is 11.4. The maximum atomic E-state index is 10.7. The van der Waals surface area contributed by atoms with E-state index in [0.29, 0.717) is 0 Å². The van der Waals surface area contributed by atoms with E-state index >= 15 is 0 Å². The van der Waals surface area contributed by atoms with E-state index in [1.807, 2.05) is 0 Å². The van der Waals surface area contributed by atoms with Crippen molar-refractivity contribution in [1.29, 1.82) is 0 Å². The minimum Gasteiger partial charge on any atom is -0.360 e. The summed E-state index contributed by atoms with van der Waals surface area (Å²) in [6, 6.07) is 0. The fourth-order valence-corrected chi connectivity index (χ4v) is 9.59. The lowest BCUT2D eigenvalue weighted by Gasteiger charge is -2.15. The number of rotatable bonds is 6. The van der Waals surface area contributed by atoms with Crippen LogP contribution < -0.4 is 10.6 Å². The van der Waals surface area contributed by atoms with Crippen molar-refractivity contribution in [1.82, 2.24) is 10.6 Å². The Bertz CT molecular complexity index is 202. The van der Waals surface area contributed by atoms with Gasteiger partial charge in [0.1, 0.15) is 0 Å². The summed E-state index contributed by atoms with van der Waals surface area (Å²) < 4.78 is 0. The number of amides is 2. The van der Waals surface area contributed by atoms with Crippen LogP contribution in [-0.2, 0) is 9.59 Å². The molecule has 15 heavy (non-hydrogen) atoms. The van der Waals surface area contributed by atoms with Gasteiger partial charge in [0.05, 0.1) is 17.6 Å². The van der Waals surface area contributed by atoms with E-state index < -0.39 is 17.6 Å². The van der Waals surface area contributed by atoms with Gasteiger partial charge in [0, 0.05) is 26.2 Å². The highest BCUT2D eigenvalue weighted by Crippen LogP contribution is 1.96. The first-order valence-electron chi connectivity index (χ1n) is 5.40. The molecule has 0 heterocycles. The summed E-state index contributed by atoms with van der Waals surface area (Å²) in [5.74, 6) is 0.121. The normalized spacial score (nSPS) is 14.1. The zero-order valence-corrected chi connectivity index (χ0v) is 12.4. The molecule has 0 saturated heterocycles. The molecule has 0 aromatic carbocycles. The lowest BCUT2D eigenvalue weighted by molar-refractivity contribution is -0.119. The predicted octanol–water partition coefficient (Wildman–Crippen LogP) is -0.410. The van der Waals surface area contributed by atoms with Gasteiger partial charge in [-0.05, 0) is 0 Å². The fourth-order valence-electron chi connectivity index (χ4n) is 1.49. The molecule has 0 bridgehead atoms. The Kier molecular flexibility index (Phi) is 7.32. The summed E-state index contributed by atoms with van der Waals surface area (Å²) in [4.78, 5) is 21.4. The number of hydrogen-bond donors (Lipinski definition) is 2. The van der Waals surface area contributed by atoms with E-state index in [1.54, 1.807) is 13.8 Å². The van der Waals surface area contributed by atoms with Crippen LogP contribution in [0.3, 0.4) is 0 Å². The molecule has 88 valence electrons. The van der Waals surface area contributed by atoms with Gasteiger partial charge in [-0.25, -0.2) is 0 Å². The summed E-state index contributed by atoms with van der Waals surface area (Å²) in [6.07, 6.45) is 1.76.